The molecule has 1 atom stereocenters. The second-order valence-corrected chi connectivity index (χ2v) is 3.28. The van der Waals surface area contributed by atoms with Crippen molar-refractivity contribution in [1.82, 2.24) is 21.5 Å². The van der Waals surface area contributed by atoms with E-state index in [-0.39, 0.29) is 5.50 Å². The van der Waals surface area contributed by atoms with E-state index in [0.717, 1.165) is 0 Å². The zero-order valence-electron chi connectivity index (χ0n) is 9.94. The topological polar surface area (TPSA) is 85.2 Å². The van der Waals surface area contributed by atoms with E-state index in [1.165, 1.54) is 0 Å². The summed E-state index contributed by atoms with van der Waals surface area (Å²) in [4.78, 5) is 3.91. The standard InChI is InChI=1S/C8H19N7S/c1-6(5-12-15-8(16)11-4)13-14-7(9-2)10-3/h5,8,11,15-16H,1-4H3,(H2,9,10,14)/b12-5+,13-6+. The average Bonchev–Trinajstić information content (AvgIpc) is 2.30. The number of aliphatic imine (C=N–C) groups is 1. The number of hydrogen-bond donors (Lipinski definition) is 5. The molecule has 0 spiro atoms. The van der Waals surface area contributed by atoms with Crippen LogP contribution in [0, 0.1) is 0 Å². The Labute approximate surface area is 101 Å². The van der Waals surface area contributed by atoms with Gasteiger partial charge >= 0.3 is 0 Å². The van der Waals surface area contributed by atoms with Gasteiger partial charge in [0.05, 0.1) is 11.9 Å². The predicted molar refractivity (Wildman–Crippen MR) is 72.1 cm³/mol. The lowest BCUT2D eigenvalue weighted by molar-refractivity contribution is 0.622. The Morgan fingerprint density at radius 2 is 2.06 bits per heavy atom. The summed E-state index contributed by atoms with van der Waals surface area (Å²) in [5.74, 6) is 0.586. The third-order valence-corrected chi connectivity index (χ3v) is 1.89. The second-order valence-electron chi connectivity index (χ2n) is 2.77. The highest BCUT2D eigenvalue weighted by Crippen LogP contribution is 1.80. The summed E-state index contributed by atoms with van der Waals surface area (Å²) in [6.45, 7) is 1.81. The normalized spacial score (nSPS) is 15.1. The Kier molecular flexibility index (Phi) is 8.26. The smallest absolute Gasteiger partial charge is 0.211 e. The lowest BCUT2D eigenvalue weighted by atomic mass is 10.5. The van der Waals surface area contributed by atoms with Gasteiger partial charge in [-0.2, -0.15) is 10.2 Å². The molecule has 0 aromatic rings. The average molecular weight is 245 g/mol. The van der Waals surface area contributed by atoms with Crippen molar-refractivity contribution in [2.45, 2.75) is 12.4 Å². The molecule has 92 valence electrons. The van der Waals surface area contributed by atoms with Crippen molar-refractivity contribution in [3.05, 3.63) is 0 Å². The van der Waals surface area contributed by atoms with Gasteiger partial charge < -0.3 is 5.32 Å². The minimum absolute atomic E-state index is 0.179. The van der Waals surface area contributed by atoms with Gasteiger partial charge in [0.25, 0.3) is 0 Å². The van der Waals surface area contributed by atoms with Gasteiger partial charge in [0.1, 0.15) is 5.50 Å². The monoisotopic (exact) mass is 245 g/mol. The molecular formula is C8H19N7S. The van der Waals surface area contributed by atoms with E-state index >= 15 is 0 Å². The Morgan fingerprint density at radius 1 is 1.38 bits per heavy atom. The van der Waals surface area contributed by atoms with Crippen LogP contribution in [0.1, 0.15) is 6.92 Å². The molecule has 0 aliphatic heterocycles. The van der Waals surface area contributed by atoms with Crippen molar-refractivity contribution in [3.8, 4) is 0 Å². The molecule has 0 radical (unpaired) electrons. The van der Waals surface area contributed by atoms with Crippen LogP contribution >= 0.6 is 12.6 Å². The minimum atomic E-state index is -0.179. The minimum Gasteiger partial charge on any atom is -0.358 e. The number of nitrogens with one attached hydrogen (secondary N) is 4. The summed E-state index contributed by atoms with van der Waals surface area (Å²) in [5.41, 5.74) is 6.02. The lowest BCUT2D eigenvalue weighted by Crippen LogP contribution is -2.32. The van der Waals surface area contributed by atoms with Gasteiger partial charge in [0, 0.05) is 14.1 Å². The number of hydrazone groups is 2. The van der Waals surface area contributed by atoms with Crippen LogP contribution in [0.5, 0.6) is 0 Å². The maximum absolute atomic E-state index is 4.13. The number of thiol groups is 1. The maximum Gasteiger partial charge on any atom is 0.211 e. The molecule has 0 aliphatic rings. The first-order valence-corrected chi connectivity index (χ1v) is 5.24. The quantitative estimate of drug-likeness (QED) is 0.144. The van der Waals surface area contributed by atoms with E-state index < -0.39 is 0 Å². The van der Waals surface area contributed by atoms with Crippen molar-refractivity contribution < 1.29 is 0 Å². The largest absolute Gasteiger partial charge is 0.358 e. The Bertz CT molecular complexity index is 274. The molecule has 0 aromatic heterocycles. The van der Waals surface area contributed by atoms with Crippen LogP contribution in [0.4, 0.5) is 0 Å². The first-order valence-electron chi connectivity index (χ1n) is 4.72. The second kappa shape index (κ2) is 8.98. The van der Waals surface area contributed by atoms with Crippen molar-refractivity contribution in [1.29, 1.82) is 0 Å². The zero-order chi connectivity index (χ0) is 12.4. The van der Waals surface area contributed by atoms with Crippen molar-refractivity contribution in [3.63, 3.8) is 0 Å². The molecule has 0 bridgehead atoms. The molecule has 0 fully saturated rings. The molecule has 0 heterocycles. The zero-order valence-corrected chi connectivity index (χ0v) is 10.8. The van der Waals surface area contributed by atoms with Crippen molar-refractivity contribution >= 4 is 30.5 Å². The van der Waals surface area contributed by atoms with E-state index in [1.807, 2.05) is 6.92 Å². The maximum atomic E-state index is 4.13. The van der Waals surface area contributed by atoms with E-state index in [4.69, 9.17) is 0 Å². The summed E-state index contributed by atoms with van der Waals surface area (Å²) in [6.07, 6.45) is 1.58. The lowest BCUT2D eigenvalue weighted by Gasteiger charge is -2.07. The first-order chi connectivity index (χ1) is 7.63. The van der Waals surface area contributed by atoms with Crippen molar-refractivity contribution in [2.24, 2.45) is 15.2 Å². The SMILES string of the molecule is CN=C(NC)N/N=C(C)/C=N/NC(S)NC. The molecule has 0 saturated heterocycles. The summed E-state index contributed by atoms with van der Waals surface area (Å²) < 4.78 is 0. The van der Waals surface area contributed by atoms with E-state index in [9.17, 15) is 0 Å². The van der Waals surface area contributed by atoms with Gasteiger partial charge in [-0.15, -0.1) is 12.6 Å². The number of rotatable bonds is 5. The van der Waals surface area contributed by atoms with Gasteiger partial charge in [-0.25, -0.2) is 5.43 Å². The Hall–Kier alpha value is -1.28. The van der Waals surface area contributed by atoms with Crippen LogP contribution in [-0.2, 0) is 0 Å². The van der Waals surface area contributed by atoms with Crippen LogP contribution in [-0.4, -0.2) is 44.5 Å². The van der Waals surface area contributed by atoms with Gasteiger partial charge in [0.2, 0.25) is 5.96 Å². The van der Waals surface area contributed by atoms with Crippen LogP contribution in [0.3, 0.4) is 0 Å². The molecular weight excluding hydrogens is 226 g/mol. The highest BCUT2D eigenvalue weighted by molar-refractivity contribution is 7.80. The molecule has 8 heteroatoms. The first kappa shape index (κ1) is 14.7. The Balaban J connectivity index is 4.04. The van der Waals surface area contributed by atoms with Gasteiger partial charge in [-0.1, -0.05) is 0 Å². The number of guanidine groups is 1. The highest BCUT2D eigenvalue weighted by Gasteiger charge is 1.92. The summed E-state index contributed by atoms with van der Waals surface area (Å²) >= 11 is 4.13. The molecule has 0 aromatic carbocycles. The van der Waals surface area contributed by atoms with E-state index in [0.29, 0.717) is 11.7 Å². The predicted octanol–water partition coefficient (Wildman–Crippen LogP) is -0.835. The van der Waals surface area contributed by atoms with Crippen LogP contribution in [0.25, 0.3) is 0 Å². The number of hydrogen-bond acceptors (Lipinski definition) is 6. The Morgan fingerprint density at radius 3 is 2.56 bits per heavy atom. The highest BCUT2D eigenvalue weighted by atomic mass is 32.1. The molecule has 0 rings (SSSR count). The van der Waals surface area contributed by atoms with Crippen LogP contribution in [0.15, 0.2) is 15.2 Å². The third kappa shape index (κ3) is 7.07. The fraction of sp³-hybridized carbons (Fsp3) is 0.625. The molecule has 16 heavy (non-hydrogen) atoms. The van der Waals surface area contributed by atoms with Gasteiger partial charge in [-0.3, -0.25) is 15.7 Å². The summed E-state index contributed by atoms with van der Waals surface area (Å²) in [6, 6.07) is 0. The molecule has 4 N–H and O–H groups in total. The number of nitrogens with zero attached hydrogens (tertiary/aromatic N) is 3. The van der Waals surface area contributed by atoms with Crippen molar-refractivity contribution in [2.75, 3.05) is 21.1 Å². The fourth-order valence-corrected chi connectivity index (χ4v) is 0.720. The molecule has 7 nitrogen and oxygen atoms in total. The summed E-state index contributed by atoms with van der Waals surface area (Å²) in [5, 5.41) is 13.7. The molecule has 1 unspecified atom stereocenters. The van der Waals surface area contributed by atoms with E-state index in [1.54, 1.807) is 27.4 Å². The van der Waals surface area contributed by atoms with Gasteiger partial charge in [0.15, 0.2) is 0 Å². The summed E-state index contributed by atoms with van der Waals surface area (Å²) in [7, 11) is 5.20. The fourth-order valence-electron chi connectivity index (χ4n) is 0.654. The molecule has 0 amide bonds. The van der Waals surface area contributed by atoms with Gasteiger partial charge in [-0.05, 0) is 14.0 Å². The van der Waals surface area contributed by atoms with Crippen LogP contribution in [0.2, 0.25) is 0 Å². The van der Waals surface area contributed by atoms with E-state index in [2.05, 4.69) is 49.3 Å². The molecule has 0 aliphatic carbocycles. The molecule has 0 saturated carbocycles. The third-order valence-electron chi connectivity index (χ3n) is 1.52. The van der Waals surface area contributed by atoms with Crippen LogP contribution < -0.4 is 21.5 Å².